The molecule has 0 aliphatic heterocycles. The summed E-state index contributed by atoms with van der Waals surface area (Å²) in [6.07, 6.45) is 1.24. The Morgan fingerprint density at radius 3 is 2.40 bits per heavy atom. The fourth-order valence-electron chi connectivity index (χ4n) is 0.393. The topological polar surface area (TPSA) is 72.2 Å². The van der Waals surface area contributed by atoms with Gasteiger partial charge in [-0.3, -0.25) is 9.59 Å². The molecular weight excluding hydrogens is 132 g/mol. The minimum absolute atomic E-state index is 0.286. The normalized spacial score (nSPS) is 12.2. The van der Waals surface area contributed by atoms with Gasteiger partial charge in [0.1, 0.15) is 0 Å². The summed E-state index contributed by atoms with van der Waals surface area (Å²) in [5.41, 5.74) is 4.89. The Bertz CT molecular complexity index is 145. The van der Waals surface area contributed by atoms with Crippen LogP contribution in [0.5, 0.6) is 0 Å². The molecule has 1 atom stereocenters. The third-order valence-corrected chi connectivity index (χ3v) is 1.10. The number of nitrogens with one attached hydrogen (secondary N) is 1. The zero-order valence-corrected chi connectivity index (χ0v) is 6.05. The van der Waals surface area contributed by atoms with Gasteiger partial charge in [-0.2, -0.15) is 0 Å². The highest BCUT2D eigenvalue weighted by Gasteiger charge is 2.12. The molecule has 0 aromatic carbocycles. The molecule has 0 heterocycles. The van der Waals surface area contributed by atoms with Crippen molar-refractivity contribution >= 4 is 11.8 Å². The molecule has 0 saturated carbocycles. The van der Waals surface area contributed by atoms with Crippen molar-refractivity contribution in [1.82, 2.24) is 5.32 Å². The lowest BCUT2D eigenvalue weighted by Gasteiger charge is -2.03. The Hall–Kier alpha value is -1.06. The van der Waals surface area contributed by atoms with Gasteiger partial charge in [-0.15, -0.1) is 0 Å². The Morgan fingerprint density at radius 2 is 2.10 bits per heavy atom. The van der Waals surface area contributed by atoms with E-state index in [1.54, 1.807) is 6.92 Å². The van der Waals surface area contributed by atoms with E-state index in [0.717, 1.165) is 0 Å². The van der Waals surface area contributed by atoms with E-state index in [9.17, 15) is 9.59 Å². The molecule has 0 aliphatic rings. The molecule has 0 spiro atoms. The Labute approximate surface area is 59.8 Å². The summed E-state index contributed by atoms with van der Waals surface area (Å²) in [6.45, 7) is 1.57. The second kappa shape index (κ2) is 3.87. The highest BCUT2D eigenvalue weighted by Crippen LogP contribution is 1.96. The van der Waals surface area contributed by atoms with Gasteiger partial charge in [-0.25, -0.2) is 0 Å². The van der Waals surface area contributed by atoms with Crippen molar-refractivity contribution in [3.63, 3.8) is 0 Å². The molecule has 0 aromatic heterocycles. The van der Waals surface area contributed by atoms with Gasteiger partial charge in [0.2, 0.25) is 11.8 Å². The van der Waals surface area contributed by atoms with Crippen LogP contribution in [0.2, 0.25) is 0 Å². The number of rotatable bonds is 3. The van der Waals surface area contributed by atoms with E-state index >= 15 is 0 Å². The van der Waals surface area contributed by atoms with Gasteiger partial charge in [0.15, 0.2) is 0 Å². The molecule has 57 valence electrons. The molecule has 4 nitrogen and oxygen atoms in total. The molecule has 0 aliphatic carbocycles. The molecule has 0 aromatic rings. The summed E-state index contributed by atoms with van der Waals surface area (Å²) < 4.78 is 0. The van der Waals surface area contributed by atoms with E-state index in [1.165, 1.54) is 13.5 Å². The third-order valence-electron chi connectivity index (χ3n) is 1.10. The zero-order valence-electron chi connectivity index (χ0n) is 6.05. The number of carbonyl (C=O) groups excluding carboxylic acids is 2. The quantitative estimate of drug-likeness (QED) is 0.535. The van der Waals surface area contributed by atoms with Crippen LogP contribution in [0, 0.1) is 12.3 Å². The first-order chi connectivity index (χ1) is 4.57. The number of carbonyl (C=O) groups is 2. The van der Waals surface area contributed by atoms with Crippen LogP contribution in [-0.2, 0) is 9.59 Å². The van der Waals surface area contributed by atoms with Gasteiger partial charge in [-0.05, 0) is 0 Å². The maximum absolute atomic E-state index is 10.6. The molecular formula is C6H11N2O2. The smallest absolute Gasteiger partial charge is 0.224 e. The van der Waals surface area contributed by atoms with Crippen molar-refractivity contribution in [1.29, 1.82) is 0 Å². The number of nitrogens with two attached hydrogens (primary N) is 1. The van der Waals surface area contributed by atoms with Crippen molar-refractivity contribution in [2.24, 2.45) is 11.7 Å². The summed E-state index contributed by atoms with van der Waals surface area (Å²) in [6, 6.07) is 0. The van der Waals surface area contributed by atoms with Crippen molar-refractivity contribution < 1.29 is 9.59 Å². The average molecular weight is 143 g/mol. The lowest BCUT2D eigenvalue weighted by Crippen LogP contribution is -2.28. The first kappa shape index (κ1) is 8.94. The van der Waals surface area contributed by atoms with E-state index < -0.39 is 11.8 Å². The maximum atomic E-state index is 10.6. The molecule has 0 unspecified atom stereocenters. The summed E-state index contributed by atoms with van der Waals surface area (Å²) in [5, 5.41) is 2.35. The van der Waals surface area contributed by atoms with Crippen LogP contribution in [-0.4, -0.2) is 18.9 Å². The molecule has 0 bridgehead atoms. The summed E-state index contributed by atoms with van der Waals surface area (Å²) in [4.78, 5) is 20.9. The monoisotopic (exact) mass is 143 g/mol. The Morgan fingerprint density at radius 1 is 1.60 bits per heavy atom. The fourth-order valence-corrected chi connectivity index (χ4v) is 0.393. The first-order valence-electron chi connectivity index (χ1n) is 2.93. The van der Waals surface area contributed by atoms with Gasteiger partial charge in [0.25, 0.3) is 0 Å². The SMILES string of the molecule is CNC(=O)[CH][C@@H](C)C(N)=O. The first-order valence-corrected chi connectivity index (χ1v) is 2.93. The summed E-state index contributed by atoms with van der Waals surface area (Å²) >= 11 is 0. The molecule has 0 rings (SSSR count). The van der Waals surface area contributed by atoms with E-state index in [1.807, 2.05) is 0 Å². The van der Waals surface area contributed by atoms with Crippen LogP contribution in [0.1, 0.15) is 6.92 Å². The number of hydrogen-bond acceptors (Lipinski definition) is 2. The van der Waals surface area contributed by atoms with Gasteiger partial charge < -0.3 is 11.1 Å². The second-order valence-corrected chi connectivity index (χ2v) is 1.97. The lowest BCUT2D eigenvalue weighted by atomic mass is 10.1. The van der Waals surface area contributed by atoms with Gasteiger partial charge >= 0.3 is 0 Å². The predicted octanol–water partition coefficient (Wildman–Crippen LogP) is -0.942. The zero-order chi connectivity index (χ0) is 8.15. The van der Waals surface area contributed by atoms with Crippen molar-refractivity contribution in [2.75, 3.05) is 7.05 Å². The van der Waals surface area contributed by atoms with Crippen LogP contribution in [0.25, 0.3) is 0 Å². The highest BCUT2D eigenvalue weighted by atomic mass is 16.2. The minimum Gasteiger partial charge on any atom is -0.369 e. The van der Waals surface area contributed by atoms with Crippen molar-refractivity contribution in [2.45, 2.75) is 6.92 Å². The van der Waals surface area contributed by atoms with E-state index in [4.69, 9.17) is 5.73 Å². The van der Waals surface area contributed by atoms with Crippen LogP contribution >= 0.6 is 0 Å². The van der Waals surface area contributed by atoms with Gasteiger partial charge in [0.05, 0.1) is 6.42 Å². The predicted molar refractivity (Wildman–Crippen MR) is 36.7 cm³/mol. The van der Waals surface area contributed by atoms with Crippen molar-refractivity contribution in [3.05, 3.63) is 6.42 Å². The number of amides is 2. The summed E-state index contributed by atoms with van der Waals surface area (Å²) in [7, 11) is 1.49. The fraction of sp³-hybridized carbons (Fsp3) is 0.500. The second-order valence-electron chi connectivity index (χ2n) is 1.97. The van der Waals surface area contributed by atoms with Crippen LogP contribution in [0.15, 0.2) is 0 Å². The van der Waals surface area contributed by atoms with Crippen LogP contribution < -0.4 is 11.1 Å². The summed E-state index contributed by atoms with van der Waals surface area (Å²) in [5.74, 6) is -1.28. The molecule has 1 radical (unpaired) electrons. The van der Waals surface area contributed by atoms with E-state index in [0.29, 0.717) is 0 Å². The van der Waals surface area contributed by atoms with E-state index in [2.05, 4.69) is 5.32 Å². The number of primary amides is 1. The Balaban J connectivity index is 3.68. The molecule has 3 N–H and O–H groups in total. The molecule has 0 fully saturated rings. The molecule has 0 saturated heterocycles. The highest BCUT2D eigenvalue weighted by molar-refractivity contribution is 5.91. The minimum atomic E-state index is -0.500. The van der Waals surface area contributed by atoms with Gasteiger partial charge in [0, 0.05) is 13.0 Å². The average Bonchev–Trinajstić information content (AvgIpc) is 1.87. The molecule has 4 heteroatoms. The molecule has 10 heavy (non-hydrogen) atoms. The standard InChI is InChI=1S/C6H11N2O2/c1-4(6(7)10)3-5(9)8-2/h3-4H,1-2H3,(H2,7,10)(H,8,9)/t4-/m1/s1. The Kier molecular flexibility index (Phi) is 3.46. The van der Waals surface area contributed by atoms with Crippen LogP contribution in [0.4, 0.5) is 0 Å². The lowest BCUT2D eigenvalue weighted by molar-refractivity contribution is -0.124. The van der Waals surface area contributed by atoms with E-state index in [-0.39, 0.29) is 5.91 Å². The van der Waals surface area contributed by atoms with Gasteiger partial charge in [-0.1, -0.05) is 6.92 Å². The largest absolute Gasteiger partial charge is 0.369 e. The molecule has 2 amide bonds. The maximum Gasteiger partial charge on any atom is 0.224 e. The third kappa shape index (κ3) is 3.06. The van der Waals surface area contributed by atoms with Crippen LogP contribution in [0.3, 0.4) is 0 Å². The van der Waals surface area contributed by atoms with Crippen molar-refractivity contribution in [3.8, 4) is 0 Å². The number of hydrogen-bond donors (Lipinski definition) is 2.